The smallest absolute Gasteiger partial charge is 0.0702 e. The van der Waals surface area contributed by atoms with E-state index in [9.17, 15) is 0 Å². The van der Waals surface area contributed by atoms with Crippen LogP contribution in [0.25, 0.3) is 10.9 Å². The summed E-state index contributed by atoms with van der Waals surface area (Å²) in [5.74, 6) is 0. The van der Waals surface area contributed by atoms with Gasteiger partial charge < -0.3 is 15.2 Å². The summed E-state index contributed by atoms with van der Waals surface area (Å²) in [6, 6.07) is 9.90. The number of nitrogens with zero attached hydrogens (tertiary/aromatic N) is 1. The Kier molecular flexibility index (Phi) is 4.64. The summed E-state index contributed by atoms with van der Waals surface area (Å²) in [6.07, 6.45) is 1.81. The van der Waals surface area contributed by atoms with Crippen LogP contribution in [0, 0.1) is 0 Å². The van der Waals surface area contributed by atoms with Crippen LogP contribution in [0.5, 0.6) is 0 Å². The lowest BCUT2D eigenvalue weighted by Crippen LogP contribution is -2.18. The third-order valence-electron chi connectivity index (χ3n) is 2.77. The van der Waals surface area contributed by atoms with Gasteiger partial charge in [0.25, 0.3) is 0 Å². The first-order valence-corrected chi connectivity index (χ1v) is 5.98. The maximum atomic E-state index is 6.06. The van der Waals surface area contributed by atoms with Crippen LogP contribution in [0.15, 0.2) is 36.5 Å². The number of para-hydroxylation sites is 1. The Bertz CT molecular complexity index is 502. The van der Waals surface area contributed by atoms with Crippen LogP contribution in [0.4, 0.5) is 0 Å². The maximum absolute atomic E-state index is 6.06. The average molecular weight is 246 g/mol. The minimum Gasteiger partial charge on any atom is -0.382 e. The van der Waals surface area contributed by atoms with E-state index in [1.165, 1.54) is 0 Å². The Labute approximate surface area is 107 Å². The lowest BCUT2D eigenvalue weighted by Gasteiger charge is -2.12. The quantitative estimate of drug-likeness (QED) is 0.791. The van der Waals surface area contributed by atoms with Crippen molar-refractivity contribution in [2.75, 3.05) is 26.9 Å². The number of hydrogen-bond donors (Lipinski definition) is 1. The first-order chi connectivity index (χ1) is 8.81. The van der Waals surface area contributed by atoms with E-state index >= 15 is 0 Å². The summed E-state index contributed by atoms with van der Waals surface area (Å²) < 4.78 is 10.3. The third kappa shape index (κ3) is 3.26. The van der Waals surface area contributed by atoms with Gasteiger partial charge in [0.2, 0.25) is 0 Å². The van der Waals surface area contributed by atoms with Crippen LogP contribution in [-0.4, -0.2) is 31.9 Å². The molecule has 2 rings (SSSR count). The minimum atomic E-state index is -0.154. The second kappa shape index (κ2) is 6.44. The molecule has 0 saturated carbocycles. The van der Waals surface area contributed by atoms with Gasteiger partial charge in [-0.15, -0.1) is 0 Å². The summed E-state index contributed by atoms with van der Waals surface area (Å²) in [6.45, 7) is 1.62. The molecular weight excluding hydrogens is 228 g/mol. The van der Waals surface area contributed by atoms with Crippen LogP contribution in [-0.2, 0) is 9.47 Å². The van der Waals surface area contributed by atoms with Gasteiger partial charge >= 0.3 is 0 Å². The van der Waals surface area contributed by atoms with E-state index in [0.717, 1.165) is 16.5 Å². The fraction of sp³-hybridized carbons (Fsp3) is 0.357. The number of nitrogens with two attached hydrogens (primary N) is 1. The highest BCUT2D eigenvalue weighted by molar-refractivity contribution is 5.78. The van der Waals surface area contributed by atoms with E-state index in [4.69, 9.17) is 15.2 Å². The topological polar surface area (TPSA) is 57.4 Å². The zero-order valence-electron chi connectivity index (χ0n) is 10.5. The van der Waals surface area contributed by atoms with Crippen molar-refractivity contribution in [1.29, 1.82) is 0 Å². The van der Waals surface area contributed by atoms with Crippen molar-refractivity contribution in [3.8, 4) is 0 Å². The van der Waals surface area contributed by atoms with Crippen LogP contribution in [0.2, 0.25) is 0 Å². The highest BCUT2D eigenvalue weighted by atomic mass is 16.5. The summed E-state index contributed by atoms with van der Waals surface area (Å²) in [7, 11) is 1.65. The molecule has 2 N–H and O–H groups in total. The number of hydrogen-bond acceptors (Lipinski definition) is 4. The number of fused-ring (bicyclic) bond motifs is 1. The Morgan fingerprint density at radius 3 is 2.94 bits per heavy atom. The van der Waals surface area contributed by atoms with Gasteiger partial charge in [-0.25, -0.2) is 0 Å². The molecule has 0 aliphatic rings. The standard InChI is InChI=1S/C14H18N2O2/c1-17-6-7-18-10-13(15)12-8-11-4-2-3-5-14(11)16-9-12/h2-5,8-9,13H,6-7,10,15H2,1H3. The molecule has 0 fully saturated rings. The molecule has 4 heteroatoms. The van der Waals surface area contributed by atoms with E-state index < -0.39 is 0 Å². The Hall–Kier alpha value is -1.49. The molecular formula is C14H18N2O2. The number of pyridine rings is 1. The van der Waals surface area contributed by atoms with Gasteiger partial charge in [-0.2, -0.15) is 0 Å². The van der Waals surface area contributed by atoms with Crippen LogP contribution in [0.3, 0.4) is 0 Å². The first-order valence-electron chi connectivity index (χ1n) is 5.98. The third-order valence-corrected chi connectivity index (χ3v) is 2.77. The summed E-state index contributed by atoms with van der Waals surface area (Å²) in [5.41, 5.74) is 8.03. The van der Waals surface area contributed by atoms with Crippen molar-refractivity contribution in [3.63, 3.8) is 0 Å². The molecule has 0 bridgehead atoms. The second-order valence-electron chi connectivity index (χ2n) is 4.14. The molecule has 96 valence electrons. The molecule has 1 atom stereocenters. The molecule has 0 aliphatic heterocycles. The van der Waals surface area contributed by atoms with Crippen molar-refractivity contribution in [2.45, 2.75) is 6.04 Å². The predicted molar refractivity (Wildman–Crippen MR) is 71.4 cm³/mol. The minimum absolute atomic E-state index is 0.154. The Morgan fingerprint density at radius 2 is 2.11 bits per heavy atom. The zero-order valence-corrected chi connectivity index (χ0v) is 10.5. The molecule has 0 aliphatic carbocycles. The number of benzene rings is 1. The Balaban J connectivity index is 2.01. The van der Waals surface area contributed by atoms with Crippen molar-refractivity contribution in [3.05, 3.63) is 42.1 Å². The molecule has 0 radical (unpaired) electrons. The van der Waals surface area contributed by atoms with Crippen molar-refractivity contribution < 1.29 is 9.47 Å². The SMILES string of the molecule is COCCOCC(N)c1cnc2ccccc2c1. The van der Waals surface area contributed by atoms with Gasteiger partial charge in [-0.3, -0.25) is 4.98 Å². The van der Waals surface area contributed by atoms with Crippen molar-refractivity contribution in [2.24, 2.45) is 5.73 Å². The van der Waals surface area contributed by atoms with Gasteiger partial charge in [-0.1, -0.05) is 18.2 Å². The number of aromatic nitrogens is 1. The predicted octanol–water partition coefficient (Wildman–Crippen LogP) is 1.90. The number of ether oxygens (including phenoxy) is 2. The van der Waals surface area contributed by atoms with Crippen LogP contribution < -0.4 is 5.73 Å². The summed E-state index contributed by atoms with van der Waals surface area (Å²) in [4.78, 5) is 4.39. The molecule has 2 aromatic rings. The molecule has 1 unspecified atom stereocenters. The molecule has 0 amide bonds. The fourth-order valence-corrected chi connectivity index (χ4v) is 1.74. The highest BCUT2D eigenvalue weighted by Gasteiger charge is 2.07. The average Bonchev–Trinajstić information content (AvgIpc) is 2.43. The molecule has 1 aromatic carbocycles. The van der Waals surface area contributed by atoms with Gasteiger partial charge in [0, 0.05) is 18.7 Å². The van der Waals surface area contributed by atoms with Gasteiger partial charge in [0.1, 0.15) is 0 Å². The summed E-state index contributed by atoms with van der Waals surface area (Å²) >= 11 is 0. The van der Waals surface area contributed by atoms with E-state index in [1.54, 1.807) is 7.11 Å². The molecule has 4 nitrogen and oxygen atoms in total. The normalized spacial score (nSPS) is 12.8. The number of rotatable bonds is 6. The maximum Gasteiger partial charge on any atom is 0.0702 e. The molecule has 0 saturated heterocycles. The Morgan fingerprint density at radius 1 is 1.28 bits per heavy atom. The monoisotopic (exact) mass is 246 g/mol. The highest BCUT2D eigenvalue weighted by Crippen LogP contribution is 2.16. The fourth-order valence-electron chi connectivity index (χ4n) is 1.74. The van der Waals surface area contributed by atoms with Crippen molar-refractivity contribution >= 4 is 10.9 Å². The van der Waals surface area contributed by atoms with E-state index in [-0.39, 0.29) is 6.04 Å². The first kappa shape index (κ1) is 13.0. The zero-order chi connectivity index (χ0) is 12.8. The lowest BCUT2D eigenvalue weighted by atomic mass is 10.1. The molecule has 1 aromatic heterocycles. The number of methoxy groups -OCH3 is 1. The molecule has 1 heterocycles. The largest absolute Gasteiger partial charge is 0.382 e. The van der Waals surface area contributed by atoms with E-state index in [0.29, 0.717) is 19.8 Å². The summed E-state index contributed by atoms with van der Waals surface area (Å²) in [5, 5.41) is 1.10. The van der Waals surface area contributed by atoms with E-state index in [2.05, 4.69) is 11.1 Å². The van der Waals surface area contributed by atoms with Crippen LogP contribution in [0.1, 0.15) is 11.6 Å². The van der Waals surface area contributed by atoms with Gasteiger partial charge in [-0.05, 0) is 17.7 Å². The van der Waals surface area contributed by atoms with Crippen molar-refractivity contribution in [1.82, 2.24) is 4.98 Å². The van der Waals surface area contributed by atoms with Gasteiger partial charge in [0.15, 0.2) is 0 Å². The van der Waals surface area contributed by atoms with Gasteiger partial charge in [0.05, 0.1) is 31.4 Å². The van der Waals surface area contributed by atoms with E-state index in [1.807, 2.05) is 30.5 Å². The molecule has 0 spiro atoms. The second-order valence-corrected chi connectivity index (χ2v) is 4.14. The molecule has 18 heavy (non-hydrogen) atoms. The lowest BCUT2D eigenvalue weighted by molar-refractivity contribution is 0.0636. The van der Waals surface area contributed by atoms with Crippen LogP contribution >= 0.6 is 0 Å².